The van der Waals surface area contributed by atoms with E-state index in [1.165, 1.54) is 0 Å². The molecule has 0 amide bonds. The molecule has 6 heteroatoms. The van der Waals surface area contributed by atoms with Crippen LogP contribution in [0.5, 0.6) is 11.5 Å². The maximum atomic E-state index is 5.90. The number of nitrogens with one attached hydrogen (secondary N) is 2. The number of aliphatic imine (C=N–C) groups is 1. The molecule has 1 atom stereocenters. The highest BCUT2D eigenvalue weighted by Gasteiger charge is 2.09. The van der Waals surface area contributed by atoms with Gasteiger partial charge in [-0.2, -0.15) is 11.8 Å². The number of thioether (sulfide) groups is 1. The van der Waals surface area contributed by atoms with Crippen LogP contribution in [-0.4, -0.2) is 50.8 Å². The number of rotatable bonds is 10. The van der Waals surface area contributed by atoms with Crippen LogP contribution >= 0.6 is 11.8 Å². The largest absolute Gasteiger partial charge is 0.493 e. The molecule has 0 saturated carbocycles. The molecule has 2 N–H and O–H groups in total. The number of hydrogen-bond acceptors (Lipinski definition) is 4. The molecule has 0 aliphatic rings. The van der Waals surface area contributed by atoms with Crippen molar-refractivity contribution in [3.05, 3.63) is 36.9 Å². The molecule has 0 saturated heterocycles. The van der Waals surface area contributed by atoms with Crippen LogP contribution in [-0.2, 0) is 0 Å². The van der Waals surface area contributed by atoms with Gasteiger partial charge in [-0.05, 0) is 19.1 Å². The van der Waals surface area contributed by atoms with Crippen molar-refractivity contribution in [1.82, 2.24) is 10.6 Å². The Bertz CT molecular complexity index is 494. The second kappa shape index (κ2) is 11.7. The third-order valence-electron chi connectivity index (χ3n) is 2.95. The normalized spacial score (nSPS) is 12.4. The molecule has 0 aliphatic carbocycles. The van der Waals surface area contributed by atoms with Crippen LogP contribution in [0.4, 0.5) is 0 Å². The van der Waals surface area contributed by atoms with E-state index >= 15 is 0 Å². The predicted molar refractivity (Wildman–Crippen MR) is 100.0 cm³/mol. The summed E-state index contributed by atoms with van der Waals surface area (Å²) >= 11 is 1.83. The smallest absolute Gasteiger partial charge is 0.191 e. The molecule has 23 heavy (non-hydrogen) atoms. The summed E-state index contributed by atoms with van der Waals surface area (Å²) in [7, 11) is 3.40. The van der Waals surface area contributed by atoms with Gasteiger partial charge in [0.1, 0.15) is 6.10 Å². The zero-order valence-electron chi connectivity index (χ0n) is 14.2. The number of guanidine groups is 1. The summed E-state index contributed by atoms with van der Waals surface area (Å²) in [6.07, 6.45) is 1.90. The van der Waals surface area contributed by atoms with Crippen molar-refractivity contribution in [3.8, 4) is 11.5 Å². The molecule has 1 unspecified atom stereocenters. The van der Waals surface area contributed by atoms with Gasteiger partial charge in [0.15, 0.2) is 17.5 Å². The van der Waals surface area contributed by atoms with Gasteiger partial charge in [0.25, 0.3) is 0 Å². The van der Waals surface area contributed by atoms with Gasteiger partial charge in [0, 0.05) is 25.1 Å². The zero-order chi connectivity index (χ0) is 16.9. The van der Waals surface area contributed by atoms with Crippen molar-refractivity contribution in [2.24, 2.45) is 4.99 Å². The fraction of sp³-hybridized carbons (Fsp3) is 0.471. The Labute approximate surface area is 143 Å². The molecular weight excluding hydrogens is 310 g/mol. The number of para-hydroxylation sites is 2. The van der Waals surface area contributed by atoms with Gasteiger partial charge < -0.3 is 20.1 Å². The van der Waals surface area contributed by atoms with Crippen molar-refractivity contribution >= 4 is 17.7 Å². The van der Waals surface area contributed by atoms with Gasteiger partial charge in [-0.3, -0.25) is 4.99 Å². The van der Waals surface area contributed by atoms with Crippen LogP contribution in [0.1, 0.15) is 6.92 Å². The SMILES string of the molecule is C=CCSCCNC(=NC)NCC(C)Oc1ccccc1OC. The summed E-state index contributed by atoms with van der Waals surface area (Å²) in [5.74, 6) is 4.24. The lowest BCUT2D eigenvalue weighted by Crippen LogP contribution is -2.42. The quantitative estimate of drug-likeness (QED) is 0.297. The topological polar surface area (TPSA) is 54.9 Å². The molecule has 1 rings (SSSR count). The lowest BCUT2D eigenvalue weighted by atomic mass is 10.3. The number of methoxy groups -OCH3 is 1. The average Bonchev–Trinajstić information content (AvgIpc) is 2.58. The highest BCUT2D eigenvalue weighted by atomic mass is 32.2. The van der Waals surface area contributed by atoms with E-state index < -0.39 is 0 Å². The minimum absolute atomic E-state index is 0.0139. The Morgan fingerprint density at radius 1 is 1.35 bits per heavy atom. The summed E-state index contributed by atoms with van der Waals surface area (Å²) in [6.45, 7) is 7.22. The predicted octanol–water partition coefficient (Wildman–Crippen LogP) is 2.55. The molecule has 0 bridgehead atoms. The number of ether oxygens (including phenoxy) is 2. The Balaban J connectivity index is 2.33. The number of benzene rings is 1. The first-order valence-corrected chi connectivity index (χ1v) is 8.79. The fourth-order valence-corrected chi connectivity index (χ4v) is 2.42. The molecule has 0 spiro atoms. The van der Waals surface area contributed by atoms with Crippen molar-refractivity contribution in [2.45, 2.75) is 13.0 Å². The van der Waals surface area contributed by atoms with E-state index in [9.17, 15) is 0 Å². The van der Waals surface area contributed by atoms with Crippen LogP contribution in [0.2, 0.25) is 0 Å². The minimum atomic E-state index is -0.0139. The van der Waals surface area contributed by atoms with Crippen molar-refractivity contribution in [2.75, 3.05) is 38.8 Å². The molecule has 0 heterocycles. The Hall–Kier alpha value is -1.82. The number of nitrogens with zero attached hydrogens (tertiary/aromatic N) is 1. The van der Waals surface area contributed by atoms with E-state index in [2.05, 4.69) is 22.2 Å². The van der Waals surface area contributed by atoms with E-state index in [0.717, 1.165) is 35.5 Å². The molecule has 0 aliphatic heterocycles. The van der Waals surface area contributed by atoms with E-state index in [1.807, 2.05) is 49.0 Å². The van der Waals surface area contributed by atoms with Crippen LogP contribution in [0.15, 0.2) is 41.9 Å². The molecule has 128 valence electrons. The molecule has 5 nitrogen and oxygen atoms in total. The second-order valence-electron chi connectivity index (χ2n) is 4.82. The van der Waals surface area contributed by atoms with Gasteiger partial charge in [0.05, 0.1) is 13.7 Å². The molecular formula is C17H27N3O2S. The van der Waals surface area contributed by atoms with E-state index in [4.69, 9.17) is 9.47 Å². The first-order chi connectivity index (χ1) is 11.2. The standard InChI is InChI=1S/C17H27N3O2S/c1-5-11-23-12-10-19-17(18-3)20-13-14(2)22-16-9-7-6-8-15(16)21-4/h5-9,14H,1,10-13H2,2-4H3,(H2,18,19,20). The molecule has 0 radical (unpaired) electrons. The van der Waals surface area contributed by atoms with Crippen molar-refractivity contribution in [3.63, 3.8) is 0 Å². The van der Waals surface area contributed by atoms with Gasteiger partial charge in [0.2, 0.25) is 0 Å². The third-order valence-corrected chi connectivity index (χ3v) is 3.92. The average molecular weight is 337 g/mol. The third kappa shape index (κ3) is 7.83. The van der Waals surface area contributed by atoms with Crippen LogP contribution in [0.3, 0.4) is 0 Å². The summed E-state index contributed by atoms with van der Waals surface area (Å²) in [4.78, 5) is 4.20. The lowest BCUT2D eigenvalue weighted by molar-refractivity contribution is 0.213. The van der Waals surface area contributed by atoms with E-state index in [1.54, 1.807) is 14.2 Å². The number of hydrogen-bond donors (Lipinski definition) is 2. The molecule has 1 aromatic rings. The molecule has 0 aromatic heterocycles. The Morgan fingerprint density at radius 3 is 2.74 bits per heavy atom. The Morgan fingerprint density at radius 2 is 2.09 bits per heavy atom. The van der Waals surface area contributed by atoms with Gasteiger partial charge in [-0.1, -0.05) is 18.2 Å². The van der Waals surface area contributed by atoms with Crippen molar-refractivity contribution in [1.29, 1.82) is 0 Å². The van der Waals surface area contributed by atoms with Gasteiger partial charge >= 0.3 is 0 Å². The summed E-state index contributed by atoms with van der Waals surface area (Å²) in [5, 5.41) is 6.54. The van der Waals surface area contributed by atoms with Gasteiger partial charge in [-0.25, -0.2) is 0 Å². The van der Waals surface area contributed by atoms with E-state index in [0.29, 0.717) is 6.54 Å². The zero-order valence-corrected chi connectivity index (χ0v) is 15.0. The highest BCUT2D eigenvalue weighted by molar-refractivity contribution is 7.99. The monoisotopic (exact) mass is 337 g/mol. The minimum Gasteiger partial charge on any atom is -0.493 e. The fourth-order valence-electron chi connectivity index (χ4n) is 1.84. The van der Waals surface area contributed by atoms with Gasteiger partial charge in [-0.15, -0.1) is 6.58 Å². The van der Waals surface area contributed by atoms with Crippen molar-refractivity contribution < 1.29 is 9.47 Å². The first kappa shape index (κ1) is 19.2. The maximum absolute atomic E-state index is 5.90. The summed E-state index contributed by atoms with van der Waals surface area (Å²) < 4.78 is 11.2. The van der Waals surface area contributed by atoms with E-state index in [-0.39, 0.29) is 6.10 Å². The second-order valence-corrected chi connectivity index (χ2v) is 5.97. The highest BCUT2D eigenvalue weighted by Crippen LogP contribution is 2.26. The lowest BCUT2D eigenvalue weighted by Gasteiger charge is -2.19. The summed E-state index contributed by atoms with van der Waals surface area (Å²) in [6, 6.07) is 7.64. The van der Waals surface area contributed by atoms with Crippen LogP contribution < -0.4 is 20.1 Å². The molecule has 1 aromatic carbocycles. The Kier molecular flexibility index (Phi) is 9.79. The maximum Gasteiger partial charge on any atom is 0.191 e. The molecule has 0 fully saturated rings. The first-order valence-electron chi connectivity index (χ1n) is 7.64. The van der Waals surface area contributed by atoms with Crippen LogP contribution in [0.25, 0.3) is 0 Å². The van der Waals surface area contributed by atoms with Crippen LogP contribution in [0, 0.1) is 0 Å². The summed E-state index contributed by atoms with van der Waals surface area (Å²) in [5.41, 5.74) is 0.